The summed E-state index contributed by atoms with van der Waals surface area (Å²) in [4.78, 5) is 33.1. The number of carbonyl (C=O) groups is 1. The van der Waals surface area contributed by atoms with Gasteiger partial charge in [0.25, 0.3) is 5.91 Å². The molecule has 136 valence electrons. The van der Waals surface area contributed by atoms with Crippen molar-refractivity contribution >= 4 is 33.8 Å². The Kier molecular flexibility index (Phi) is 3.84. The van der Waals surface area contributed by atoms with Crippen LogP contribution in [0.2, 0.25) is 0 Å². The smallest absolute Gasteiger partial charge is 0.263 e. The molecule has 0 aliphatic carbocycles. The molecule has 2 N–H and O–H groups in total. The molecule has 0 saturated carbocycles. The van der Waals surface area contributed by atoms with Crippen molar-refractivity contribution in [3.63, 3.8) is 0 Å². The van der Waals surface area contributed by atoms with Gasteiger partial charge in [-0.25, -0.2) is 4.98 Å². The van der Waals surface area contributed by atoms with Crippen molar-refractivity contribution in [2.45, 2.75) is 26.3 Å². The van der Waals surface area contributed by atoms with E-state index in [1.807, 2.05) is 55.7 Å². The summed E-state index contributed by atoms with van der Waals surface area (Å²) >= 11 is 0. The van der Waals surface area contributed by atoms with Crippen molar-refractivity contribution in [2.75, 3.05) is 5.32 Å². The Labute approximate surface area is 155 Å². The van der Waals surface area contributed by atoms with E-state index in [0.717, 1.165) is 11.0 Å². The van der Waals surface area contributed by atoms with Gasteiger partial charge >= 0.3 is 0 Å². The van der Waals surface area contributed by atoms with Crippen LogP contribution in [0.4, 0.5) is 5.95 Å². The Morgan fingerprint density at radius 1 is 1.07 bits per heavy atom. The largest absolute Gasteiger partial charge is 0.360 e. The molecule has 0 aliphatic rings. The number of amides is 1. The molecule has 0 saturated heterocycles. The second-order valence-electron chi connectivity index (χ2n) is 7.46. The van der Waals surface area contributed by atoms with Crippen molar-refractivity contribution < 1.29 is 4.79 Å². The van der Waals surface area contributed by atoms with Gasteiger partial charge in [0.15, 0.2) is 0 Å². The number of hydrogen-bond donors (Lipinski definition) is 2. The molecule has 2 aromatic heterocycles. The van der Waals surface area contributed by atoms with Crippen LogP contribution in [-0.4, -0.2) is 20.4 Å². The van der Waals surface area contributed by atoms with Gasteiger partial charge in [-0.05, 0) is 45.0 Å². The Morgan fingerprint density at radius 3 is 2.56 bits per heavy atom. The summed E-state index contributed by atoms with van der Waals surface area (Å²) in [6, 6.07) is 14.8. The number of para-hydroxylation sites is 3. The maximum atomic E-state index is 12.9. The summed E-state index contributed by atoms with van der Waals surface area (Å²) in [5.41, 5.74) is 1.86. The van der Waals surface area contributed by atoms with Crippen LogP contribution in [0.15, 0.2) is 59.5 Å². The predicted molar refractivity (Wildman–Crippen MR) is 107 cm³/mol. The maximum Gasteiger partial charge on any atom is 0.263 e. The quantitative estimate of drug-likeness (QED) is 0.569. The molecule has 0 bridgehead atoms. The van der Waals surface area contributed by atoms with Crippen molar-refractivity contribution in [2.24, 2.45) is 0 Å². The molecule has 2 heterocycles. The number of H-pyrrole nitrogens is 1. The molecule has 1 amide bonds. The van der Waals surface area contributed by atoms with Crippen LogP contribution >= 0.6 is 0 Å². The highest BCUT2D eigenvalue weighted by molar-refractivity contribution is 6.05. The topological polar surface area (TPSA) is 79.8 Å². The zero-order valence-corrected chi connectivity index (χ0v) is 15.4. The normalized spacial score (nSPS) is 11.8. The summed E-state index contributed by atoms with van der Waals surface area (Å²) in [7, 11) is 0. The lowest BCUT2D eigenvalue weighted by Crippen LogP contribution is -2.28. The predicted octanol–water partition coefficient (Wildman–Crippen LogP) is 3.89. The van der Waals surface area contributed by atoms with E-state index in [0.29, 0.717) is 16.9 Å². The van der Waals surface area contributed by atoms with E-state index >= 15 is 0 Å². The highest BCUT2D eigenvalue weighted by Gasteiger charge is 2.23. The third-order valence-corrected chi connectivity index (χ3v) is 4.49. The number of benzene rings is 2. The average Bonchev–Trinajstić information content (AvgIpc) is 3.00. The number of carbonyl (C=O) groups excluding carboxylic acids is 1. The zero-order chi connectivity index (χ0) is 19.2. The molecule has 6 nitrogen and oxygen atoms in total. The molecule has 27 heavy (non-hydrogen) atoms. The van der Waals surface area contributed by atoms with Crippen LogP contribution in [-0.2, 0) is 5.54 Å². The molecule has 0 atom stereocenters. The number of pyridine rings is 1. The van der Waals surface area contributed by atoms with Crippen molar-refractivity contribution in [3.05, 3.63) is 70.5 Å². The van der Waals surface area contributed by atoms with Gasteiger partial charge in [0.05, 0.1) is 11.0 Å². The first-order valence-corrected chi connectivity index (χ1v) is 8.76. The summed E-state index contributed by atoms with van der Waals surface area (Å²) in [6.07, 6.45) is 1.45. The van der Waals surface area contributed by atoms with Crippen LogP contribution < -0.4 is 10.7 Å². The first kappa shape index (κ1) is 17.0. The Bertz CT molecular complexity index is 1230. The van der Waals surface area contributed by atoms with Gasteiger partial charge in [-0.2, -0.15) is 0 Å². The molecule has 0 spiro atoms. The number of aromatic nitrogens is 3. The lowest BCUT2D eigenvalue weighted by atomic mass is 10.1. The summed E-state index contributed by atoms with van der Waals surface area (Å²) in [5.74, 6) is -0.0657. The molecule has 6 heteroatoms. The van der Waals surface area contributed by atoms with Gasteiger partial charge in [-0.15, -0.1) is 0 Å². The van der Waals surface area contributed by atoms with E-state index in [1.54, 1.807) is 18.2 Å². The van der Waals surface area contributed by atoms with Gasteiger partial charge in [-0.3, -0.25) is 14.9 Å². The molecule has 4 rings (SSSR count). The number of anilines is 1. The SMILES string of the molecule is CC(C)(C)n1c(NC(=O)c2c[nH]c3ccccc3c2=O)nc2ccccc21. The van der Waals surface area contributed by atoms with Crippen molar-refractivity contribution in [3.8, 4) is 0 Å². The minimum absolute atomic E-state index is 0.0567. The minimum Gasteiger partial charge on any atom is -0.360 e. The maximum absolute atomic E-state index is 12.9. The van der Waals surface area contributed by atoms with E-state index in [9.17, 15) is 9.59 Å². The molecule has 4 aromatic rings. The number of fused-ring (bicyclic) bond motifs is 2. The van der Waals surface area contributed by atoms with Crippen LogP contribution in [0.3, 0.4) is 0 Å². The number of rotatable bonds is 2. The Hall–Kier alpha value is -3.41. The van der Waals surface area contributed by atoms with Gasteiger partial charge in [-0.1, -0.05) is 24.3 Å². The fraction of sp³-hybridized carbons (Fsp3) is 0.190. The summed E-state index contributed by atoms with van der Waals surface area (Å²) < 4.78 is 1.97. The number of aromatic amines is 1. The van der Waals surface area contributed by atoms with Crippen molar-refractivity contribution in [1.82, 2.24) is 14.5 Å². The summed E-state index contributed by atoms with van der Waals surface area (Å²) in [6.45, 7) is 6.12. The van der Waals surface area contributed by atoms with Crippen molar-refractivity contribution in [1.29, 1.82) is 0 Å². The molecule has 0 radical (unpaired) electrons. The Morgan fingerprint density at radius 2 is 1.78 bits per heavy atom. The molecule has 0 unspecified atom stereocenters. The average molecular weight is 360 g/mol. The van der Waals surface area contributed by atoms with Gasteiger partial charge in [0.1, 0.15) is 5.56 Å². The van der Waals surface area contributed by atoms with Gasteiger partial charge in [0.2, 0.25) is 11.4 Å². The minimum atomic E-state index is -0.484. The highest BCUT2D eigenvalue weighted by atomic mass is 16.2. The molecule has 0 fully saturated rings. The van der Waals surface area contributed by atoms with E-state index < -0.39 is 5.91 Å². The first-order valence-electron chi connectivity index (χ1n) is 8.76. The fourth-order valence-corrected chi connectivity index (χ4v) is 3.29. The zero-order valence-electron chi connectivity index (χ0n) is 15.4. The standard InChI is InChI=1S/C21H20N4O2/c1-21(2,3)25-17-11-7-6-10-16(17)23-20(25)24-19(27)14-12-22-15-9-5-4-8-13(15)18(14)26/h4-12H,1-3H3,(H,22,26)(H,23,24,27). The van der Waals surface area contributed by atoms with E-state index in [2.05, 4.69) is 15.3 Å². The number of nitrogens with zero attached hydrogens (tertiary/aromatic N) is 2. The van der Waals surface area contributed by atoms with Crippen LogP contribution in [0, 0.1) is 0 Å². The second kappa shape index (κ2) is 6.09. The third-order valence-electron chi connectivity index (χ3n) is 4.49. The van der Waals surface area contributed by atoms with E-state index in [1.165, 1.54) is 6.20 Å². The van der Waals surface area contributed by atoms with E-state index in [-0.39, 0.29) is 16.5 Å². The molecular formula is C21H20N4O2. The first-order chi connectivity index (χ1) is 12.9. The van der Waals surface area contributed by atoms with Gasteiger partial charge < -0.3 is 9.55 Å². The lowest BCUT2D eigenvalue weighted by molar-refractivity contribution is 0.102. The molecule has 2 aromatic carbocycles. The second-order valence-corrected chi connectivity index (χ2v) is 7.46. The molecular weight excluding hydrogens is 340 g/mol. The third kappa shape index (κ3) is 2.89. The Balaban J connectivity index is 1.80. The van der Waals surface area contributed by atoms with Crippen LogP contribution in [0.5, 0.6) is 0 Å². The fourth-order valence-electron chi connectivity index (χ4n) is 3.29. The highest BCUT2D eigenvalue weighted by Crippen LogP contribution is 2.28. The summed E-state index contributed by atoms with van der Waals surface area (Å²) in [5, 5.41) is 3.30. The number of imidazole rings is 1. The van der Waals surface area contributed by atoms with E-state index in [4.69, 9.17) is 0 Å². The number of nitrogens with one attached hydrogen (secondary N) is 2. The van der Waals surface area contributed by atoms with Gasteiger partial charge in [0, 0.05) is 22.6 Å². The molecule has 0 aliphatic heterocycles. The van der Waals surface area contributed by atoms with Crippen LogP contribution in [0.1, 0.15) is 31.1 Å². The number of hydrogen-bond acceptors (Lipinski definition) is 3. The monoisotopic (exact) mass is 360 g/mol. The van der Waals surface area contributed by atoms with Crippen LogP contribution in [0.25, 0.3) is 21.9 Å². The lowest BCUT2D eigenvalue weighted by Gasteiger charge is -2.24.